The van der Waals surface area contributed by atoms with Gasteiger partial charge in [0.25, 0.3) is 5.56 Å². The van der Waals surface area contributed by atoms with Crippen LogP contribution in [0.2, 0.25) is 0 Å². The molecule has 1 heterocycles. The van der Waals surface area contributed by atoms with Crippen molar-refractivity contribution in [2.24, 2.45) is 0 Å². The van der Waals surface area contributed by atoms with Crippen LogP contribution in [-0.4, -0.2) is 29.6 Å². The van der Waals surface area contributed by atoms with Gasteiger partial charge in [0.1, 0.15) is 0 Å². The second-order valence-electron chi connectivity index (χ2n) is 3.95. The number of hydrogen-bond donors (Lipinski definition) is 1. The number of aromatic nitrogens is 2. The highest BCUT2D eigenvalue weighted by molar-refractivity contribution is 7.80. The number of anilines is 1. The van der Waals surface area contributed by atoms with Gasteiger partial charge in [0.15, 0.2) is 0 Å². The summed E-state index contributed by atoms with van der Waals surface area (Å²) in [5.41, 5.74) is 0.814. The summed E-state index contributed by atoms with van der Waals surface area (Å²) in [6.07, 6.45) is 4.88. The highest BCUT2D eigenvalue weighted by Crippen LogP contribution is 2.04. The zero-order valence-electron chi connectivity index (χ0n) is 9.89. The fourth-order valence-electron chi connectivity index (χ4n) is 1.39. The van der Waals surface area contributed by atoms with E-state index in [9.17, 15) is 4.79 Å². The van der Waals surface area contributed by atoms with Crippen molar-refractivity contribution >= 4 is 18.3 Å². The Hall–Kier alpha value is -0.970. The predicted molar refractivity (Wildman–Crippen MR) is 70.5 cm³/mol. The Balaban J connectivity index is 2.58. The van der Waals surface area contributed by atoms with Crippen molar-refractivity contribution in [3.8, 4) is 0 Å². The van der Waals surface area contributed by atoms with Crippen LogP contribution >= 0.6 is 12.6 Å². The fourth-order valence-corrected chi connectivity index (χ4v) is 1.61. The van der Waals surface area contributed by atoms with Gasteiger partial charge < -0.3 is 4.90 Å². The molecule has 0 N–H and O–H groups in total. The predicted octanol–water partition coefficient (Wildman–Crippen LogP) is 1.41. The molecule has 4 nitrogen and oxygen atoms in total. The van der Waals surface area contributed by atoms with E-state index in [2.05, 4.69) is 17.7 Å². The van der Waals surface area contributed by atoms with Crippen molar-refractivity contribution in [1.29, 1.82) is 0 Å². The number of nitrogens with zero attached hydrogens (tertiary/aromatic N) is 3. The quantitative estimate of drug-likeness (QED) is 0.604. The zero-order valence-corrected chi connectivity index (χ0v) is 10.8. The third-order valence-electron chi connectivity index (χ3n) is 2.40. The van der Waals surface area contributed by atoms with E-state index in [1.54, 1.807) is 12.3 Å². The third-order valence-corrected chi connectivity index (χ3v) is 2.72. The van der Waals surface area contributed by atoms with Crippen LogP contribution in [0.1, 0.15) is 19.3 Å². The molecule has 1 rings (SSSR count). The van der Waals surface area contributed by atoms with Crippen LogP contribution in [0, 0.1) is 0 Å². The number of thiol groups is 1. The summed E-state index contributed by atoms with van der Waals surface area (Å²) < 4.78 is 1.52. The monoisotopic (exact) mass is 241 g/mol. The van der Waals surface area contributed by atoms with Crippen LogP contribution in [0.4, 0.5) is 5.69 Å². The van der Waals surface area contributed by atoms with Gasteiger partial charge in [-0.2, -0.15) is 17.7 Å². The Morgan fingerprint density at radius 2 is 2.12 bits per heavy atom. The molecule has 0 saturated carbocycles. The molecule has 0 aromatic carbocycles. The van der Waals surface area contributed by atoms with Crippen LogP contribution in [-0.2, 0) is 6.54 Å². The molecule has 16 heavy (non-hydrogen) atoms. The Morgan fingerprint density at radius 3 is 2.69 bits per heavy atom. The van der Waals surface area contributed by atoms with Crippen molar-refractivity contribution in [2.75, 3.05) is 24.7 Å². The average molecular weight is 241 g/mol. The van der Waals surface area contributed by atoms with Gasteiger partial charge in [-0.1, -0.05) is 6.42 Å². The topological polar surface area (TPSA) is 38.1 Å². The lowest BCUT2D eigenvalue weighted by atomic mass is 10.2. The van der Waals surface area contributed by atoms with Crippen LogP contribution in [0.15, 0.2) is 17.1 Å². The molecular weight excluding hydrogens is 222 g/mol. The van der Waals surface area contributed by atoms with Crippen molar-refractivity contribution in [3.63, 3.8) is 0 Å². The molecule has 0 unspecified atom stereocenters. The van der Waals surface area contributed by atoms with Crippen molar-refractivity contribution in [2.45, 2.75) is 25.8 Å². The maximum atomic E-state index is 11.7. The Labute approximate surface area is 102 Å². The van der Waals surface area contributed by atoms with Gasteiger partial charge in [-0.25, -0.2) is 4.68 Å². The van der Waals surface area contributed by atoms with Crippen molar-refractivity contribution in [3.05, 3.63) is 22.6 Å². The van der Waals surface area contributed by atoms with E-state index < -0.39 is 0 Å². The Kier molecular flexibility index (Phi) is 5.38. The molecule has 0 atom stereocenters. The molecule has 0 aliphatic carbocycles. The van der Waals surface area contributed by atoms with E-state index in [1.165, 1.54) is 4.68 Å². The molecule has 0 radical (unpaired) electrons. The van der Waals surface area contributed by atoms with Gasteiger partial charge in [-0.15, -0.1) is 0 Å². The summed E-state index contributed by atoms with van der Waals surface area (Å²) in [6, 6.07) is 1.62. The number of hydrogen-bond acceptors (Lipinski definition) is 4. The molecule has 0 aliphatic rings. The molecule has 0 amide bonds. The lowest BCUT2D eigenvalue weighted by molar-refractivity contribution is 0.529. The molecule has 0 bridgehead atoms. The maximum absolute atomic E-state index is 11.7. The first-order valence-electron chi connectivity index (χ1n) is 5.50. The number of unbranched alkanes of at least 4 members (excludes halogenated alkanes) is 2. The minimum Gasteiger partial charge on any atom is -0.376 e. The van der Waals surface area contributed by atoms with Gasteiger partial charge in [-0.3, -0.25) is 4.79 Å². The average Bonchev–Trinajstić information content (AvgIpc) is 2.26. The summed E-state index contributed by atoms with van der Waals surface area (Å²) in [6.45, 7) is 0.695. The van der Waals surface area contributed by atoms with Crippen LogP contribution in [0.25, 0.3) is 0 Å². The summed E-state index contributed by atoms with van der Waals surface area (Å²) in [5.74, 6) is 0.905. The standard InChI is InChI=1S/C11H19N3OS/c1-13(2)10-8-11(15)14(12-9-10)6-4-3-5-7-16/h8-9,16H,3-7H2,1-2H3. The summed E-state index contributed by atoms with van der Waals surface area (Å²) in [7, 11) is 3.79. The lowest BCUT2D eigenvalue weighted by Crippen LogP contribution is -2.24. The van der Waals surface area contributed by atoms with Gasteiger partial charge in [0.05, 0.1) is 11.9 Å². The van der Waals surface area contributed by atoms with E-state index in [-0.39, 0.29) is 5.56 Å². The molecule has 1 aromatic rings. The Morgan fingerprint density at radius 1 is 1.38 bits per heavy atom. The first-order chi connectivity index (χ1) is 7.65. The normalized spacial score (nSPS) is 10.4. The van der Waals surface area contributed by atoms with E-state index in [1.807, 2.05) is 19.0 Å². The highest BCUT2D eigenvalue weighted by atomic mass is 32.1. The summed E-state index contributed by atoms with van der Waals surface area (Å²) in [4.78, 5) is 13.5. The molecule has 0 fully saturated rings. The van der Waals surface area contributed by atoms with Gasteiger partial charge in [0.2, 0.25) is 0 Å². The van der Waals surface area contributed by atoms with Crippen LogP contribution in [0.5, 0.6) is 0 Å². The molecule has 90 valence electrons. The van der Waals surface area contributed by atoms with Crippen molar-refractivity contribution < 1.29 is 0 Å². The largest absolute Gasteiger partial charge is 0.376 e. The highest BCUT2D eigenvalue weighted by Gasteiger charge is 2.01. The van der Waals surface area contributed by atoms with Crippen LogP contribution in [0.3, 0.4) is 0 Å². The van der Waals surface area contributed by atoms with Gasteiger partial charge in [-0.05, 0) is 18.6 Å². The van der Waals surface area contributed by atoms with E-state index >= 15 is 0 Å². The minimum atomic E-state index is -0.0305. The fraction of sp³-hybridized carbons (Fsp3) is 0.636. The smallest absolute Gasteiger partial charge is 0.268 e. The summed E-state index contributed by atoms with van der Waals surface area (Å²) in [5, 5.41) is 4.14. The first kappa shape index (κ1) is 13.1. The molecule has 1 aromatic heterocycles. The SMILES string of the molecule is CN(C)c1cnn(CCCCCS)c(=O)c1. The molecule has 0 aliphatic heterocycles. The first-order valence-corrected chi connectivity index (χ1v) is 6.13. The molecule has 5 heteroatoms. The van der Waals surface area contributed by atoms with Gasteiger partial charge >= 0.3 is 0 Å². The minimum absolute atomic E-state index is 0.0305. The lowest BCUT2D eigenvalue weighted by Gasteiger charge is -2.12. The molecular formula is C11H19N3OS. The number of aryl methyl sites for hydroxylation is 1. The second kappa shape index (κ2) is 6.58. The van der Waals surface area contributed by atoms with E-state index in [0.29, 0.717) is 6.54 Å². The zero-order chi connectivity index (χ0) is 12.0. The molecule has 0 saturated heterocycles. The summed E-state index contributed by atoms with van der Waals surface area (Å²) >= 11 is 4.15. The maximum Gasteiger partial charge on any atom is 0.268 e. The molecule has 0 spiro atoms. The number of rotatable bonds is 6. The third kappa shape index (κ3) is 3.89. The van der Waals surface area contributed by atoms with Crippen molar-refractivity contribution in [1.82, 2.24) is 9.78 Å². The van der Waals surface area contributed by atoms with E-state index in [4.69, 9.17) is 0 Å². The van der Waals surface area contributed by atoms with Crippen LogP contribution < -0.4 is 10.5 Å². The van der Waals surface area contributed by atoms with E-state index in [0.717, 1.165) is 30.7 Å². The van der Waals surface area contributed by atoms with Gasteiger partial charge in [0, 0.05) is 26.7 Å². The Bertz CT molecular complexity index is 376. The second-order valence-corrected chi connectivity index (χ2v) is 4.40.